The Morgan fingerprint density at radius 3 is 2.47 bits per heavy atom. The molecule has 2 aromatic rings. The van der Waals surface area contributed by atoms with Crippen molar-refractivity contribution >= 4 is 21.8 Å². The Bertz CT molecular complexity index is 602. The van der Waals surface area contributed by atoms with Gasteiger partial charge in [0.05, 0.1) is 4.47 Å². The van der Waals surface area contributed by atoms with E-state index in [1.54, 1.807) is 0 Å². The summed E-state index contributed by atoms with van der Waals surface area (Å²) in [6.07, 6.45) is 0. The van der Waals surface area contributed by atoms with Crippen molar-refractivity contribution in [2.45, 2.75) is 6.54 Å². The lowest BCUT2D eigenvalue weighted by molar-refractivity contribution is 0.0942. The zero-order valence-electron chi connectivity index (χ0n) is 9.79. The molecule has 0 aliphatic carbocycles. The van der Waals surface area contributed by atoms with E-state index in [0.717, 1.165) is 11.6 Å². The Hall–Kier alpha value is -1.75. The van der Waals surface area contributed by atoms with E-state index in [1.165, 1.54) is 6.07 Å². The molecule has 0 spiro atoms. The quantitative estimate of drug-likeness (QED) is 0.857. The predicted molar refractivity (Wildman–Crippen MR) is 71.7 cm³/mol. The van der Waals surface area contributed by atoms with Crippen molar-refractivity contribution < 1.29 is 13.6 Å². The minimum atomic E-state index is -0.898. The van der Waals surface area contributed by atoms with Gasteiger partial charge >= 0.3 is 0 Å². The van der Waals surface area contributed by atoms with Crippen molar-refractivity contribution in [1.29, 1.82) is 0 Å². The van der Waals surface area contributed by atoms with Crippen molar-refractivity contribution in [2.24, 2.45) is 0 Å². The Morgan fingerprint density at radius 1 is 1.11 bits per heavy atom. The number of carbonyl (C=O) groups is 1. The standard InChI is InChI=1S/C14H10BrF2NO/c15-10-6-7-11(16)12(13(10)17)14(19)18-8-9-4-2-1-3-5-9/h1-7H,8H2,(H,18,19). The lowest BCUT2D eigenvalue weighted by atomic mass is 10.1. The molecule has 98 valence electrons. The van der Waals surface area contributed by atoms with Gasteiger partial charge in [0.15, 0.2) is 5.82 Å². The number of rotatable bonds is 3. The molecule has 0 atom stereocenters. The number of hydrogen-bond donors (Lipinski definition) is 1. The fourth-order valence-corrected chi connectivity index (χ4v) is 1.93. The van der Waals surface area contributed by atoms with E-state index in [9.17, 15) is 13.6 Å². The number of amides is 1. The van der Waals surface area contributed by atoms with Crippen LogP contribution in [0.5, 0.6) is 0 Å². The molecule has 2 aromatic carbocycles. The minimum absolute atomic E-state index is 0.0544. The second-order valence-electron chi connectivity index (χ2n) is 3.89. The van der Waals surface area contributed by atoms with E-state index < -0.39 is 23.1 Å². The zero-order chi connectivity index (χ0) is 13.8. The molecule has 0 fully saturated rings. The minimum Gasteiger partial charge on any atom is -0.348 e. The Morgan fingerprint density at radius 2 is 1.79 bits per heavy atom. The molecule has 0 unspecified atom stereocenters. The Labute approximate surface area is 117 Å². The van der Waals surface area contributed by atoms with Gasteiger partial charge < -0.3 is 5.32 Å². The second kappa shape index (κ2) is 5.93. The summed E-state index contributed by atoms with van der Waals surface area (Å²) >= 11 is 2.92. The maximum atomic E-state index is 13.7. The predicted octanol–water partition coefficient (Wildman–Crippen LogP) is 3.66. The highest BCUT2D eigenvalue weighted by atomic mass is 79.9. The first-order valence-corrected chi connectivity index (χ1v) is 6.34. The summed E-state index contributed by atoms with van der Waals surface area (Å²) in [5, 5.41) is 2.48. The van der Waals surface area contributed by atoms with Gasteiger partial charge in [0.1, 0.15) is 11.4 Å². The first kappa shape index (κ1) is 13.7. The molecule has 0 heterocycles. The van der Waals surface area contributed by atoms with Gasteiger partial charge in [-0.05, 0) is 33.6 Å². The average Bonchev–Trinajstić information content (AvgIpc) is 2.42. The molecule has 0 saturated carbocycles. The van der Waals surface area contributed by atoms with Crippen LogP contribution in [0.4, 0.5) is 8.78 Å². The van der Waals surface area contributed by atoms with Gasteiger partial charge in [-0.15, -0.1) is 0 Å². The maximum absolute atomic E-state index is 13.7. The fraction of sp³-hybridized carbons (Fsp3) is 0.0714. The molecule has 5 heteroatoms. The molecule has 1 amide bonds. The van der Waals surface area contributed by atoms with Gasteiger partial charge in [-0.25, -0.2) is 8.78 Å². The van der Waals surface area contributed by atoms with E-state index in [4.69, 9.17) is 0 Å². The number of nitrogens with one attached hydrogen (secondary N) is 1. The topological polar surface area (TPSA) is 29.1 Å². The molecule has 2 nitrogen and oxygen atoms in total. The number of halogens is 3. The van der Waals surface area contributed by atoms with Gasteiger partial charge in [0.2, 0.25) is 0 Å². The summed E-state index contributed by atoms with van der Waals surface area (Å²) in [4.78, 5) is 11.8. The highest BCUT2D eigenvalue weighted by Gasteiger charge is 2.19. The highest BCUT2D eigenvalue weighted by molar-refractivity contribution is 9.10. The second-order valence-corrected chi connectivity index (χ2v) is 4.74. The molecule has 0 radical (unpaired) electrons. The molecule has 1 N–H and O–H groups in total. The lowest BCUT2D eigenvalue weighted by Gasteiger charge is -2.08. The van der Waals surface area contributed by atoms with E-state index in [0.29, 0.717) is 0 Å². The monoisotopic (exact) mass is 325 g/mol. The fourth-order valence-electron chi connectivity index (χ4n) is 1.60. The third-order valence-electron chi connectivity index (χ3n) is 2.57. The average molecular weight is 326 g/mol. The van der Waals surface area contributed by atoms with Gasteiger partial charge in [0.25, 0.3) is 5.91 Å². The molecule has 0 bridgehead atoms. The van der Waals surface area contributed by atoms with Crippen LogP contribution in [0.25, 0.3) is 0 Å². The van der Waals surface area contributed by atoms with Crippen LogP contribution in [0.2, 0.25) is 0 Å². The van der Waals surface area contributed by atoms with Crippen LogP contribution in [0.15, 0.2) is 46.9 Å². The number of hydrogen-bond acceptors (Lipinski definition) is 1. The molecule has 0 aliphatic rings. The third-order valence-corrected chi connectivity index (χ3v) is 3.18. The van der Waals surface area contributed by atoms with Crippen LogP contribution in [-0.4, -0.2) is 5.91 Å². The van der Waals surface area contributed by atoms with E-state index in [2.05, 4.69) is 21.2 Å². The van der Waals surface area contributed by atoms with Crippen molar-refractivity contribution in [2.75, 3.05) is 0 Å². The summed E-state index contributed by atoms with van der Waals surface area (Å²) < 4.78 is 27.2. The summed E-state index contributed by atoms with van der Waals surface area (Å²) in [6, 6.07) is 11.4. The number of carbonyl (C=O) groups excluding carboxylic acids is 1. The van der Waals surface area contributed by atoms with Gasteiger partial charge in [-0.3, -0.25) is 4.79 Å². The van der Waals surface area contributed by atoms with Crippen LogP contribution in [0.1, 0.15) is 15.9 Å². The molecule has 0 saturated heterocycles. The molecule has 0 aliphatic heterocycles. The molecule has 0 aromatic heterocycles. The van der Waals surface area contributed by atoms with Gasteiger partial charge in [-0.2, -0.15) is 0 Å². The lowest BCUT2D eigenvalue weighted by Crippen LogP contribution is -2.25. The summed E-state index contributed by atoms with van der Waals surface area (Å²) in [5.74, 6) is -2.56. The first-order chi connectivity index (χ1) is 9.09. The maximum Gasteiger partial charge on any atom is 0.257 e. The SMILES string of the molecule is O=C(NCc1ccccc1)c1c(F)ccc(Br)c1F. The molecule has 2 rings (SSSR count). The third kappa shape index (κ3) is 3.17. The van der Waals surface area contributed by atoms with Crippen molar-refractivity contribution in [3.63, 3.8) is 0 Å². The van der Waals surface area contributed by atoms with E-state index >= 15 is 0 Å². The van der Waals surface area contributed by atoms with E-state index in [-0.39, 0.29) is 11.0 Å². The highest BCUT2D eigenvalue weighted by Crippen LogP contribution is 2.21. The Balaban J connectivity index is 2.15. The van der Waals surface area contributed by atoms with Crippen molar-refractivity contribution in [3.8, 4) is 0 Å². The molecular weight excluding hydrogens is 316 g/mol. The van der Waals surface area contributed by atoms with Crippen LogP contribution in [0, 0.1) is 11.6 Å². The van der Waals surface area contributed by atoms with Crippen molar-refractivity contribution in [1.82, 2.24) is 5.32 Å². The van der Waals surface area contributed by atoms with E-state index in [1.807, 2.05) is 30.3 Å². The van der Waals surface area contributed by atoms with Gasteiger partial charge in [0, 0.05) is 6.54 Å². The van der Waals surface area contributed by atoms with Gasteiger partial charge in [-0.1, -0.05) is 30.3 Å². The largest absolute Gasteiger partial charge is 0.348 e. The Kier molecular flexibility index (Phi) is 4.27. The summed E-state index contributed by atoms with van der Waals surface area (Å²) in [6.45, 7) is 0.213. The summed E-state index contributed by atoms with van der Waals surface area (Å²) in [5.41, 5.74) is 0.275. The van der Waals surface area contributed by atoms with Crippen LogP contribution in [-0.2, 0) is 6.54 Å². The molecular formula is C14H10BrF2NO. The van der Waals surface area contributed by atoms with Crippen LogP contribution >= 0.6 is 15.9 Å². The van der Waals surface area contributed by atoms with Crippen LogP contribution in [0.3, 0.4) is 0 Å². The smallest absolute Gasteiger partial charge is 0.257 e. The normalized spacial score (nSPS) is 10.3. The first-order valence-electron chi connectivity index (χ1n) is 5.55. The molecule has 19 heavy (non-hydrogen) atoms. The van der Waals surface area contributed by atoms with Crippen LogP contribution < -0.4 is 5.32 Å². The van der Waals surface area contributed by atoms with Crippen molar-refractivity contribution in [3.05, 3.63) is 69.7 Å². The summed E-state index contributed by atoms with van der Waals surface area (Å²) in [7, 11) is 0. The number of benzene rings is 2. The zero-order valence-corrected chi connectivity index (χ0v) is 11.4.